The molecule has 2 atom stereocenters. The van der Waals surface area contributed by atoms with Gasteiger partial charge in [0.2, 0.25) is 11.8 Å². The molecule has 0 saturated heterocycles. The van der Waals surface area contributed by atoms with E-state index < -0.39 is 35.7 Å². The van der Waals surface area contributed by atoms with E-state index in [9.17, 15) is 23.9 Å². The maximum atomic E-state index is 13.1. The Bertz CT molecular complexity index is 858. The summed E-state index contributed by atoms with van der Waals surface area (Å²) in [6.07, 6.45) is 0.125. The number of benzene rings is 2. The Morgan fingerprint density at radius 2 is 1.64 bits per heavy atom. The fraction of sp³-hybridized carbons (Fsp3) is 0.250. The quantitative estimate of drug-likeness (QED) is 0.627. The topological polar surface area (TPSA) is 95.5 Å². The Labute approximate surface area is 166 Å². The number of amides is 2. The molecule has 2 rings (SSSR count). The summed E-state index contributed by atoms with van der Waals surface area (Å²) in [5.74, 6) is -2.72. The van der Waals surface area contributed by atoms with Gasteiger partial charge in [-0.2, -0.15) is 0 Å². The first-order valence-corrected chi connectivity index (χ1v) is 8.91. The summed E-state index contributed by atoms with van der Waals surface area (Å²) in [5, 5.41) is 14.9. The first-order valence-electron chi connectivity index (χ1n) is 8.53. The average Bonchev–Trinajstić information content (AvgIpc) is 2.62. The van der Waals surface area contributed by atoms with Crippen molar-refractivity contribution >= 4 is 29.4 Å². The van der Waals surface area contributed by atoms with Gasteiger partial charge in [0.1, 0.15) is 17.9 Å². The summed E-state index contributed by atoms with van der Waals surface area (Å²) in [6, 6.07) is 9.97. The van der Waals surface area contributed by atoms with E-state index in [1.807, 2.05) is 0 Å². The van der Waals surface area contributed by atoms with Gasteiger partial charge in [-0.3, -0.25) is 9.59 Å². The Morgan fingerprint density at radius 1 is 1.00 bits per heavy atom. The molecular weight excluding hydrogens is 387 g/mol. The molecule has 0 aliphatic heterocycles. The normalized spacial score (nSPS) is 12.7. The van der Waals surface area contributed by atoms with Gasteiger partial charge in [-0.05, 0) is 35.4 Å². The molecule has 8 heteroatoms. The zero-order chi connectivity index (χ0) is 20.7. The molecule has 0 aromatic heterocycles. The Kier molecular flexibility index (Phi) is 7.52. The van der Waals surface area contributed by atoms with E-state index in [4.69, 9.17) is 11.6 Å². The van der Waals surface area contributed by atoms with Crippen molar-refractivity contribution in [3.63, 3.8) is 0 Å². The number of halogens is 2. The minimum Gasteiger partial charge on any atom is -0.480 e. The fourth-order valence-corrected chi connectivity index (χ4v) is 2.90. The number of carbonyl (C=O) groups excluding carboxylic acids is 2. The summed E-state index contributed by atoms with van der Waals surface area (Å²) in [5.41, 5.74) is 1.27. The van der Waals surface area contributed by atoms with Crippen LogP contribution < -0.4 is 10.6 Å². The number of rotatable bonds is 8. The van der Waals surface area contributed by atoms with E-state index in [1.165, 1.54) is 31.2 Å². The van der Waals surface area contributed by atoms with Crippen LogP contribution in [0.4, 0.5) is 4.39 Å². The van der Waals surface area contributed by atoms with Gasteiger partial charge >= 0.3 is 5.97 Å². The van der Waals surface area contributed by atoms with E-state index >= 15 is 0 Å². The van der Waals surface area contributed by atoms with Gasteiger partial charge in [0.05, 0.1) is 0 Å². The second-order valence-corrected chi connectivity index (χ2v) is 6.75. The summed E-state index contributed by atoms with van der Waals surface area (Å²) in [6.45, 7) is 1.26. The van der Waals surface area contributed by atoms with Crippen LogP contribution in [-0.4, -0.2) is 35.0 Å². The molecule has 0 radical (unpaired) electrons. The molecule has 0 heterocycles. The number of aliphatic carboxylic acids is 1. The number of carboxylic acid groups (broad SMARTS) is 1. The third kappa shape index (κ3) is 6.66. The lowest BCUT2D eigenvalue weighted by atomic mass is 10.0. The van der Waals surface area contributed by atoms with Crippen molar-refractivity contribution in [1.29, 1.82) is 0 Å². The van der Waals surface area contributed by atoms with Gasteiger partial charge in [-0.25, -0.2) is 9.18 Å². The smallest absolute Gasteiger partial charge is 0.326 e. The van der Waals surface area contributed by atoms with E-state index in [0.717, 1.165) is 0 Å². The molecule has 0 saturated carbocycles. The Morgan fingerprint density at radius 3 is 2.21 bits per heavy atom. The summed E-state index contributed by atoms with van der Waals surface area (Å²) < 4.78 is 13.1. The highest BCUT2D eigenvalue weighted by atomic mass is 35.5. The zero-order valence-electron chi connectivity index (χ0n) is 15.1. The van der Waals surface area contributed by atoms with Crippen molar-refractivity contribution in [3.8, 4) is 0 Å². The number of carbonyl (C=O) groups is 3. The van der Waals surface area contributed by atoms with Crippen LogP contribution in [0.5, 0.6) is 0 Å². The van der Waals surface area contributed by atoms with Crippen molar-refractivity contribution < 1.29 is 23.9 Å². The van der Waals surface area contributed by atoms with Crippen molar-refractivity contribution in [1.82, 2.24) is 10.6 Å². The second kappa shape index (κ2) is 9.85. The third-order valence-electron chi connectivity index (χ3n) is 3.99. The predicted molar refractivity (Wildman–Crippen MR) is 102 cm³/mol. The van der Waals surface area contributed by atoms with Crippen LogP contribution in [0.15, 0.2) is 48.5 Å². The number of hydrogen-bond acceptors (Lipinski definition) is 3. The molecule has 28 heavy (non-hydrogen) atoms. The molecule has 2 amide bonds. The van der Waals surface area contributed by atoms with E-state index in [2.05, 4.69) is 10.6 Å². The molecule has 0 spiro atoms. The molecule has 6 nitrogen and oxygen atoms in total. The molecule has 0 fully saturated rings. The standard InChI is InChI=1S/C20H20ClFN2O4/c1-12(25)23-17(10-13-5-7-16(22)8-6-13)19(26)24-18(20(27)28)11-14-3-2-4-15(21)9-14/h2-9,17-18H,10-11H2,1H3,(H,23,25)(H,24,26)(H,27,28)/t17-,18+/m0/s1. The first-order chi connectivity index (χ1) is 13.2. The second-order valence-electron chi connectivity index (χ2n) is 6.32. The molecule has 2 aromatic carbocycles. The first kappa shape index (κ1) is 21.4. The van der Waals surface area contributed by atoms with Crippen molar-refractivity contribution in [2.75, 3.05) is 0 Å². The highest BCUT2D eigenvalue weighted by Gasteiger charge is 2.26. The average molecular weight is 407 g/mol. The molecule has 148 valence electrons. The maximum absolute atomic E-state index is 13.1. The SMILES string of the molecule is CC(=O)N[C@@H](Cc1ccc(F)cc1)C(=O)N[C@H](Cc1cccc(Cl)c1)C(=O)O. The van der Waals surface area contributed by atoms with E-state index in [-0.39, 0.29) is 12.8 Å². The monoisotopic (exact) mass is 406 g/mol. The minimum absolute atomic E-state index is 0.0327. The van der Waals surface area contributed by atoms with Gasteiger partial charge in [0.15, 0.2) is 0 Å². The van der Waals surface area contributed by atoms with Crippen LogP contribution in [0.3, 0.4) is 0 Å². The summed E-state index contributed by atoms with van der Waals surface area (Å²) in [4.78, 5) is 35.7. The van der Waals surface area contributed by atoms with Gasteiger partial charge in [-0.1, -0.05) is 35.9 Å². The third-order valence-corrected chi connectivity index (χ3v) is 4.23. The molecular formula is C20H20ClFN2O4. The van der Waals surface area contributed by atoms with Crippen molar-refractivity contribution in [2.45, 2.75) is 31.8 Å². The molecule has 0 aliphatic carbocycles. The van der Waals surface area contributed by atoms with Crippen molar-refractivity contribution in [2.24, 2.45) is 0 Å². The molecule has 2 aromatic rings. The van der Waals surface area contributed by atoms with Crippen LogP contribution in [0.25, 0.3) is 0 Å². The van der Waals surface area contributed by atoms with Gasteiger partial charge in [0, 0.05) is 24.8 Å². The number of carboxylic acids is 1. The highest BCUT2D eigenvalue weighted by Crippen LogP contribution is 2.13. The van der Waals surface area contributed by atoms with Gasteiger partial charge in [-0.15, -0.1) is 0 Å². The van der Waals surface area contributed by atoms with Crippen LogP contribution in [-0.2, 0) is 27.2 Å². The Hall–Kier alpha value is -2.93. The van der Waals surface area contributed by atoms with E-state index in [0.29, 0.717) is 16.1 Å². The fourth-order valence-electron chi connectivity index (χ4n) is 2.68. The molecule has 0 aliphatic rings. The number of nitrogens with one attached hydrogen (secondary N) is 2. The summed E-state index contributed by atoms with van der Waals surface area (Å²) >= 11 is 5.91. The maximum Gasteiger partial charge on any atom is 0.326 e. The highest BCUT2D eigenvalue weighted by molar-refractivity contribution is 6.30. The van der Waals surface area contributed by atoms with Crippen LogP contribution in [0.2, 0.25) is 5.02 Å². The predicted octanol–water partition coefficient (Wildman–Crippen LogP) is 2.34. The summed E-state index contributed by atoms with van der Waals surface area (Å²) in [7, 11) is 0. The zero-order valence-corrected chi connectivity index (χ0v) is 15.9. The van der Waals surface area contributed by atoms with Gasteiger partial charge in [0.25, 0.3) is 0 Å². The minimum atomic E-state index is -1.21. The lowest BCUT2D eigenvalue weighted by Gasteiger charge is -2.21. The van der Waals surface area contributed by atoms with Gasteiger partial charge < -0.3 is 15.7 Å². The largest absolute Gasteiger partial charge is 0.480 e. The van der Waals surface area contributed by atoms with E-state index in [1.54, 1.807) is 24.3 Å². The van der Waals surface area contributed by atoms with Crippen LogP contribution in [0.1, 0.15) is 18.1 Å². The molecule has 3 N–H and O–H groups in total. The number of hydrogen-bond donors (Lipinski definition) is 3. The lowest BCUT2D eigenvalue weighted by molar-refractivity contribution is -0.142. The van der Waals surface area contributed by atoms with Crippen molar-refractivity contribution in [3.05, 3.63) is 70.5 Å². The molecule has 0 unspecified atom stereocenters. The van der Waals surface area contributed by atoms with Crippen LogP contribution >= 0.6 is 11.6 Å². The Balaban J connectivity index is 2.12. The molecule has 0 bridgehead atoms. The van der Waals surface area contributed by atoms with Crippen LogP contribution in [0, 0.1) is 5.82 Å². The lowest BCUT2D eigenvalue weighted by Crippen LogP contribution is -2.52.